The van der Waals surface area contributed by atoms with E-state index in [2.05, 4.69) is 20.1 Å². The van der Waals surface area contributed by atoms with Crippen LogP contribution in [0.5, 0.6) is 0 Å². The van der Waals surface area contributed by atoms with Crippen molar-refractivity contribution in [1.29, 1.82) is 0 Å². The summed E-state index contributed by atoms with van der Waals surface area (Å²) in [5.74, 6) is 0. The Morgan fingerprint density at radius 2 is 1.79 bits per heavy atom. The number of hydrogen-bond acceptors (Lipinski definition) is 7. The van der Waals surface area contributed by atoms with Gasteiger partial charge in [0, 0.05) is 43.9 Å². The van der Waals surface area contributed by atoms with Crippen LogP contribution in [0.25, 0.3) is 33.2 Å². The van der Waals surface area contributed by atoms with E-state index in [4.69, 9.17) is 9.47 Å². The lowest BCUT2D eigenvalue weighted by molar-refractivity contribution is -0.225. The lowest BCUT2D eigenvalue weighted by atomic mass is 9.89. The van der Waals surface area contributed by atoms with Gasteiger partial charge in [0.15, 0.2) is 11.8 Å². The van der Waals surface area contributed by atoms with Gasteiger partial charge < -0.3 is 14.4 Å². The standard InChI is InChI=1S/C31H35F3N6O3/c1-38-28-26(40(29(38)41)21-16-22(17-21)42-2)23-15-19(3-5-24(23)36-37-28)20-4-6-25(35-18-20)27(31(32,33)34)43-14-13-39-11-9-30(7-8-30)10-12-39/h3-6,15,18,21-22,27H,7-14,16-17H2,1-2H3. The normalized spacial score (nSPS) is 22.7. The monoisotopic (exact) mass is 596 g/mol. The second kappa shape index (κ2) is 10.7. The summed E-state index contributed by atoms with van der Waals surface area (Å²) in [6.45, 7) is 2.31. The number of likely N-dealkylation sites (tertiary alicyclic amines) is 1. The Bertz CT molecular complexity index is 1700. The number of piperidine rings is 1. The Morgan fingerprint density at radius 1 is 1.05 bits per heavy atom. The van der Waals surface area contributed by atoms with Crippen LogP contribution in [-0.4, -0.2) is 74.8 Å². The zero-order valence-corrected chi connectivity index (χ0v) is 24.3. The molecule has 4 heterocycles. The van der Waals surface area contributed by atoms with Crippen LogP contribution in [0.2, 0.25) is 0 Å². The van der Waals surface area contributed by atoms with Crippen LogP contribution >= 0.6 is 0 Å². The molecule has 9 nitrogen and oxygen atoms in total. The largest absolute Gasteiger partial charge is 0.420 e. The number of aryl methyl sites for hydroxylation is 1. The van der Waals surface area contributed by atoms with Gasteiger partial charge in [-0.1, -0.05) is 12.1 Å². The highest BCUT2D eigenvalue weighted by molar-refractivity contribution is 6.02. The lowest BCUT2D eigenvalue weighted by Crippen LogP contribution is -2.37. The van der Waals surface area contributed by atoms with Crippen molar-refractivity contribution in [2.75, 3.05) is 33.4 Å². The van der Waals surface area contributed by atoms with Crippen LogP contribution < -0.4 is 5.69 Å². The SMILES string of the molecule is COC1CC(n2c(=O)n(C)c3nnc4ccc(-c5ccc(C(OCCN6CCC7(CC6)CC7)C(F)(F)F)nc5)cc4c32)C1. The van der Waals surface area contributed by atoms with Crippen LogP contribution in [0.3, 0.4) is 0 Å². The Kier molecular flexibility index (Phi) is 7.05. The number of hydrogen-bond donors (Lipinski definition) is 0. The number of nitrogens with zero attached hydrogens (tertiary/aromatic N) is 6. The van der Waals surface area contributed by atoms with E-state index in [0.29, 0.717) is 34.2 Å². The van der Waals surface area contributed by atoms with E-state index in [1.165, 1.54) is 29.7 Å². The molecule has 0 amide bonds. The minimum atomic E-state index is -4.58. The predicted molar refractivity (Wildman–Crippen MR) is 155 cm³/mol. The maximum absolute atomic E-state index is 14.0. The van der Waals surface area contributed by atoms with E-state index in [1.807, 2.05) is 12.1 Å². The number of imidazole rings is 1. The molecule has 43 heavy (non-hydrogen) atoms. The van der Waals surface area contributed by atoms with Gasteiger partial charge >= 0.3 is 11.9 Å². The number of fused-ring (bicyclic) bond motifs is 3. The fraction of sp³-hybridized carbons (Fsp3) is 0.548. The van der Waals surface area contributed by atoms with Crippen LogP contribution in [0.4, 0.5) is 13.2 Å². The molecule has 1 saturated heterocycles. The molecule has 3 fully saturated rings. The first-order chi connectivity index (χ1) is 20.7. The Hall–Kier alpha value is -3.35. The molecule has 1 unspecified atom stereocenters. The molecule has 7 rings (SSSR count). The molecule has 4 aromatic rings. The topological polar surface area (TPSA) is 87.3 Å². The highest BCUT2D eigenvalue weighted by Gasteiger charge is 2.45. The van der Waals surface area contributed by atoms with E-state index in [9.17, 15) is 18.0 Å². The first-order valence-corrected chi connectivity index (χ1v) is 14.9. The minimum absolute atomic E-state index is 0.00673. The molecular weight excluding hydrogens is 561 g/mol. The highest BCUT2D eigenvalue weighted by atomic mass is 19.4. The number of pyridine rings is 1. The van der Waals surface area contributed by atoms with Gasteiger partial charge in [-0.05, 0) is 80.8 Å². The van der Waals surface area contributed by atoms with Gasteiger partial charge in [0.05, 0.1) is 23.9 Å². The maximum atomic E-state index is 14.0. The van der Waals surface area contributed by atoms with E-state index in [0.717, 1.165) is 49.7 Å². The van der Waals surface area contributed by atoms with E-state index in [-0.39, 0.29) is 30.1 Å². The van der Waals surface area contributed by atoms with Gasteiger partial charge in [0.2, 0.25) is 0 Å². The van der Waals surface area contributed by atoms with E-state index < -0.39 is 12.3 Å². The minimum Gasteiger partial charge on any atom is -0.381 e. The van der Waals surface area contributed by atoms with Gasteiger partial charge in [-0.3, -0.25) is 14.1 Å². The van der Waals surface area contributed by atoms with Crippen molar-refractivity contribution in [3.63, 3.8) is 0 Å². The molecule has 228 valence electrons. The van der Waals surface area contributed by atoms with Crippen molar-refractivity contribution >= 4 is 22.1 Å². The summed E-state index contributed by atoms with van der Waals surface area (Å²) in [7, 11) is 3.34. The molecule has 2 saturated carbocycles. The molecule has 2 aliphatic carbocycles. The van der Waals surface area contributed by atoms with Gasteiger partial charge in [-0.25, -0.2) is 4.79 Å². The van der Waals surface area contributed by atoms with Crippen molar-refractivity contribution in [2.45, 2.75) is 63.0 Å². The number of alkyl halides is 3. The first kappa shape index (κ1) is 28.4. The Labute approximate surface area is 246 Å². The zero-order valence-electron chi connectivity index (χ0n) is 24.3. The number of halogens is 3. The van der Waals surface area contributed by atoms with Crippen LogP contribution in [0, 0.1) is 5.41 Å². The summed E-state index contributed by atoms with van der Waals surface area (Å²) in [5, 5.41) is 9.38. The van der Waals surface area contributed by atoms with Gasteiger partial charge in [0.1, 0.15) is 5.52 Å². The summed E-state index contributed by atoms with van der Waals surface area (Å²) < 4.78 is 56.2. The van der Waals surface area contributed by atoms with Crippen LogP contribution in [0.1, 0.15) is 56.4 Å². The third-order valence-corrected chi connectivity index (χ3v) is 9.79. The highest BCUT2D eigenvalue weighted by Crippen LogP contribution is 2.53. The molecule has 0 bridgehead atoms. The van der Waals surface area contributed by atoms with Gasteiger partial charge in [-0.2, -0.15) is 13.2 Å². The number of benzene rings is 1. The van der Waals surface area contributed by atoms with Crippen LogP contribution in [-0.2, 0) is 16.5 Å². The van der Waals surface area contributed by atoms with Gasteiger partial charge in [-0.15, -0.1) is 10.2 Å². The molecule has 3 aromatic heterocycles. The fourth-order valence-corrected chi connectivity index (χ4v) is 6.66. The van der Waals surface area contributed by atoms with Crippen molar-refractivity contribution in [2.24, 2.45) is 12.5 Å². The third kappa shape index (κ3) is 5.23. The van der Waals surface area contributed by atoms with Gasteiger partial charge in [0.25, 0.3) is 0 Å². The average Bonchev–Trinajstić information content (AvgIpc) is 3.69. The molecule has 12 heteroatoms. The second-order valence-electron chi connectivity index (χ2n) is 12.4. The summed E-state index contributed by atoms with van der Waals surface area (Å²) in [6, 6.07) is 8.53. The third-order valence-electron chi connectivity index (χ3n) is 9.79. The van der Waals surface area contributed by atoms with E-state index >= 15 is 0 Å². The lowest BCUT2D eigenvalue weighted by Gasteiger charge is -2.34. The maximum Gasteiger partial charge on any atom is 0.420 e. The molecule has 3 aliphatic rings. The fourth-order valence-electron chi connectivity index (χ4n) is 6.66. The molecule has 0 radical (unpaired) electrons. The molecule has 1 aliphatic heterocycles. The number of methoxy groups -OCH3 is 1. The molecular formula is C31H35F3N6O3. The number of rotatable bonds is 8. The van der Waals surface area contributed by atoms with Crippen molar-refractivity contribution in [3.8, 4) is 11.1 Å². The summed E-state index contributed by atoms with van der Waals surface area (Å²) in [4.78, 5) is 19.6. The Balaban J connectivity index is 1.13. The quantitative estimate of drug-likeness (QED) is 0.277. The molecule has 1 spiro atoms. The average molecular weight is 597 g/mol. The number of aromatic nitrogens is 5. The van der Waals surface area contributed by atoms with Crippen LogP contribution in [0.15, 0.2) is 41.3 Å². The predicted octanol–water partition coefficient (Wildman–Crippen LogP) is 5.19. The summed E-state index contributed by atoms with van der Waals surface area (Å²) in [5.41, 5.74) is 3.36. The summed E-state index contributed by atoms with van der Waals surface area (Å²) >= 11 is 0. The molecule has 0 N–H and O–H groups in total. The van der Waals surface area contributed by atoms with Crippen molar-refractivity contribution < 1.29 is 22.6 Å². The van der Waals surface area contributed by atoms with E-state index in [1.54, 1.807) is 30.9 Å². The molecule has 1 atom stereocenters. The first-order valence-electron chi connectivity index (χ1n) is 14.9. The summed E-state index contributed by atoms with van der Waals surface area (Å²) in [6.07, 6.45) is 1.16. The molecule has 1 aromatic carbocycles. The zero-order chi connectivity index (χ0) is 29.9. The smallest absolute Gasteiger partial charge is 0.381 e. The van der Waals surface area contributed by atoms with Crippen molar-refractivity contribution in [3.05, 3.63) is 52.7 Å². The number of ether oxygens (including phenoxy) is 2. The van der Waals surface area contributed by atoms with Crippen molar-refractivity contribution in [1.82, 2.24) is 29.2 Å². The second-order valence-corrected chi connectivity index (χ2v) is 12.4. The Morgan fingerprint density at radius 3 is 2.44 bits per heavy atom.